The van der Waals surface area contributed by atoms with Crippen molar-refractivity contribution in [2.24, 2.45) is 0 Å². The van der Waals surface area contributed by atoms with Gasteiger partial charge in [0.25, 0.3) is 0 Å². The van der Waals surface area contributed by atoms with Crippen molar-refractivity contribution in [3.63, 3.8) is 0 Å². The molecule has 10 heteroatoms. The molecule has 1 N–H and O–H groups in total. The topological polar surface area (TPSA) is 107 Å². The summed E-state index contributed by atoms with van der Waals surface area (Å²) in [5.41, 5.74) is -0.481. The first-order valence-corrected chi connectivity index (χ1v) is 33.6. The summed E-state index contributed by atoms with van der Waals surface area (Å²) in [5, 5.41) is 0. The second-order valence-corrected chi connectivity index (χ2v) is 32.2. The molecular weight excluding hydrogens is 831 g/mol. The van der Waals surface area contributed by atoms with Crippen LogP contribution in [-0.4, -0.2) is 74.2 Å². The second kappa shape index (κ2) is 31.8. The van der Waals surface area contributed by atoms with Crippen LogP contribution >= 0.6 is 13.7 Å². The Morgan fingerprint density at radius 2 is 0.629 bits per heavy atom. The number of hydrogen-bond donors (Lipinski definition) is 1. The third-order valence-electron chi connectivity index (χ3n) is 14.0. The quantitative estimate of drug-likeness (QED) is 0.0396. The van der Waals surface area contributed by atoms with Crippen LogP contribution in [0.3, 0.4) is 0 Å². The Morgan fingerprint density at radius 1 is 0.403 bits per heavy atom. The summed E-state index contributed by atoms with van der Waals surface area (Å²) in [5.74, 6) is -1.43. The molecule has 0 aliphatic heterocycles. The summed E-state index contributed by atoms with van der Waals surface area (Å²) in [4.78, 5) is 29.3. The maximum absolute atomic E-state index is 15.0. The molecule has 1 rings (SSSR count). The van der Waals surface area contributed by atoms with Gasteiger partial charge in [-0.2, -0.15) is 0 Å². The molecule has 0 radical (unpaired) electrons. The van der Waals surface area contributed by atoms with Crippen LogP contribution in [0.4, 0.5) is 0 Å². The monoisotopic (exact) mass is 931 g/mol. The van der Waals surface area contributed by atoms with Crippen molar-refractivity contribution in [3.05, 3.63) is 29.3 Å². The van der Waals surface area contributed by atoms with Crippen molar-refractivity contribution in [1.29, 1.82) is 0 Å². The summed E-state index contributed by atoms with van der Waals surface area (Å²) >= 11 is 0. The van der Waals surface area contributed by atoms with Gasteiger partial charge in [-0.1, -0.05) is 0 Å². The van der Waals surface area contributed by atoms with Crippen LogP contribution in [-0.2, 0) is 19.2 Å². The molecule has 366 valence electrons. The normalized spacial score (nSPS) is 13.6. The molecule has 1 aromatic rings. The first-order valence-electron chi connectivity index (χ1n) is 26.3. The average Bonchev–Trinajstić information content (AvgIpc) is 3.26. The maximum atomic E-state index is 15.0. The van der Waals surface area contributed by atoms with Gasteiger partial charge in [-0.3, -0.25) is 0 Å². The predicted octanol–water partition coefficient (Wildman–Crippen LogP) is 17.3. The molecule has 0 saturated heterocycles. The van der Waals surface area contributed by atoms with E-state index < -0.39 is 40.6 Å². The van der Waals surface area contributed by atoms with Crippen molar-refractivity contribution in [2.75, 3.05) is 49.3 Å². The van der Waals surface area contributed by atoms with E-state index in [0.717, 1.165) is 165 Å². The van der Waals surface area contributed by atoms with Gasteiger partial charge in [-0.05, 0) is 0 Å². The van der Waals surface area contributed by atoms with Crippen LogP contribution in [0.15, 0.2) is 23.1 Å². The summed E-state index contributed by atoms with van der Waals surface area (Å²) in [6.07, 6.45) is 37.1. The van der Waals surface area contributed by atoms with E-state index in [1.807, 2.05) is 0 Å². The van der Waals surface area contributed by atoms with Crippen molar-refractivity contribution in [1.82, 2.24) is 0 Å². The van der Waals surface area contributed by atoms with Gasteiger partial charge in [-0.15, -0.1) is 0 Å². The van der Waals surface area contributed by atoms with Gasteiger partial charge in [0.05, 0.1) is 0 Å². The molecule has 0 aliphatic rings. The minimum atomic E-state index is -5.05. The summed E-state index contributed by atoms with van der Waals surface area (Å²) in [6.45, 7) is 11.1. The SMILES string of the molecule is CCCCCCCCCCP(CCCC)(CCCC)(CCCC)OC(=O)c1cccc(C(=O)OP(CCCC)(CCCC)(CCCC)CCCCCCCCCC)c1S(=O)(=O)O. The minimum absolute atomic E-state index is 0.240. The molecule has 1 aromatic carbocycles. The fourth-order valence-corrected chi connectivity index (χ4v) is 24.2. The number of carbonyl (C=O) groups is 2. The number of benzene rings is 1. The third-order valence-corrected chi connectivity index (χ3v) is 27.9. The number of rotatable bonds is 41. The first-order chi connectivity index (χ1) is 29.7. The standard InChI is InChI=1S/C52H100O7P2S/c1-9-17-25-27-29-31-33-35-46-60(40-19-11-3,41-20-12-4,42-21-13-5)58-51(53)48-38-37-39-49(50(48)62(55,56)57)52(54)59-61(43-22-14-6,44-23-15-7,45-24-16-8)47-36-34-32-30-28-26-18-10-2/h37-39H,9-36,40-47H2,1-8H3,(H,55,56,57). The molecule has 0 heterocycles. The van der Waals surface area contributed by atoms with E-state index >= 15 is 0 Å². The molecule has 0 saturated carbocycles. The Morgan fingerprint density at radius 3 is 0.871 bits per heavy atom. The van der Waals surface area contributed by atoms with Crippen LogP contribution in [0.5, 0.6) is 0 Å². The molecule has 0 amide bonds. The van der Waals surface area contributed by atoms with Crippen molar-refractivity contribution in [3.8, 4) is 0 Å². The van der Waals surface area contributed by atoms with Gasteiger partial charge in [0, 0.05) is 0 Å². The molecule has 0 atom stereocenters. The molecule has 0 spiro atoms. The van der Waals surface area contributed by atoms with Crippen LogP contribution < -0.4 is 0 Å². The molecule has 0 unspecified atom stereocenters. The van der Waals surface area contributed by atoms with Gasteiger partial charge in [0.15, 0.2) is 0 Å². The van der Waals surface area contributed by atoms with Crippen molar-refractivity contribution in [2.45, 2.75) is 240 Å². The van der Waals surface area contributed by atoms with Gasteiger partial charge in [0.2, 0.25) is 0 Å². The number of carbonyl (C=O) groups excluding carboxylic acids is 2. The predicted molar refractivity (Wildman–Crippen MR) is 275 cm³/mol. The Hall–Kier alpha value is -1.07. The number of hydrogen-bond acceptors (Lipinski definition) is 6. The first kappa shape index (κ1) is 58.9. The van der Waals surface area contributed by atoms with Crippen molar-refractivity contribution >= 4 is 35.7 Å². The fraction of sp³-hybridized carbons (Fsp3) is 0.846. The van der Waals surface area contributed by atoms with E-state index in [9.17, 15) is 22.6 Å². The second-order valence-electron chi connectivity index (χ2n) is 19.5. The van der Waals surface area contributed by atoms with Gasteiger partial charge in [0.1, 0.15) is 0 Å². The van der Waals surface area contributed by atoms with E-state index in [0.29, 0.717) is 0 Å². The van der Waals surface area contributed by atoms with E-state index in [4.69, 9.17) is 9.05 Å². The summed E-state index contributed by atoms with van der Waals surface area (Å²) in [6, 6.07) is 4.46. The molecule has 62 heavy (non-hydrogen) atoms. The molecule has 7 nitrogen and oxygen atoms in total. The van der Waals surface area contributed by atoms with Gasteiger partial charge in [-0.25, -0.2) is 0 Å². The van der Waals surface area contributed by atoms with E-state index in [1.165, 1.54) is 76.3 Å². The zero-order valence-electron chi connectivity index (χ0n) is 41.9. The Labute approximate surface area is 384 Å². The average molecular weight is 931 g/mol. The number of unbranched alkanes of at least 4 members (excludes halogenated alkanes) is 20. The fourth-order valence-electron chi connectivity index (χ4n) is 10.1. The van der Waals surface area contributed by atoms with Gasteiger partial charge < -0.3 is 0 Å². The Bertz CT molecular complexity index is 1340. The third kappa shape index (κ3) is 20.2. The zero-order chi connectivity index (χ0) is 46.3. The molecule has 0 aromatic heterocycles. The molecule has 0 aliphatic carbocycles. The van der Waals surface area contributed by atoms with Crippen LogP contribution in [0.2, 0.25) is 0 Å². The van der Waals surface area contributed by atoms with Gasteiger partial charge >= 0.3 is 386 Å². The van der Waals surface area contributed by atoms with E-state index in [2.05, 4.69) is 55.4 Å². The Kier molecular flexibility index (Phi) is 30.2. The van der Waals surface area contributed by atoms with Crippen LogP contribution in [0, 0.1) is 0 Å². The Balaban J connectivity index is 3.90. The van der Waals surface area contributed by atoms with Crippen LogP contribution in [0.1, 0.15) is 256 Å². The molecule has 0 fully saturated rings. The van der Waals surface area contributed by atoms with E-state index in [-0.39, 0.29) is 11.1 Å². The molecule has 0 bridgehead atoms. The molecular formula is C52H100O7P2S. The van der Waals surface area contributed by atoms with E-state index in [1.54, 1.807) is 6.07 Å². The zero-order valence-corrected chi connectivity index (χ0v) is 44.5. The summed E-state index contributed by atoms with van der Waals surface area (Å²) in [7, 11) is -5.05. The van der Waals surface area contributed by atoms with Crippen LogP contribution in [0.25, 0.3) is 0 Å². The summed E-state index contributed by atoms with van der Waals surface area (Å²) < 4.78 is 52.6. The van der Waals surface area contributed by atoms with Crippen molar-refractivity contribution < 1.29 is 31.6 Å².